The molecule has 0 fully saturated rings. The van der Waals surface area contributed by atoms with Crippen LogP contribution >= 0.6 is 0 Å². The van der Waals surface area contributed by atoms with Crippen molar-refractivity contribution in [2.24, 2.45) is 0 Å². The second kappa shape index (κ2) is 7.62. The molecule has 8 heteroatoms. The maximum atomic E-state index is 12.7. The molecule has 0 N–H and O–H groups in total. The largest absolute Gasteiger partial charge is 0.457 e. The van der Waals surface area contributed by atoms with E-state index >= 15 is 0 Å². The highest BCUT2D eigenvalue weighted by Crippen LogP contribution is 2.32. The van der Waals surface area contributed by atoms with Gasteiger partial charge in [-0.25, -0.2) is 4.98 Å². The zero-order valence-corrected chi connectivity index (χ0v) is 15.3. The van der Waals surface area contributed by atoms with Crippen LogP contribution in [-0.4, -0.2) is 22.3 Å². The number of aromatic nitrogens is 1. The Bertz CT molecular complexity index is 999. The van der Waals surface area contributed by atoms with Crippen molar-refractivity contribution < 1.29 is 27.1 Å². The van der Waals surface area contributed by atoms with Gasteiger partial charge in [-0.3, -0.25) is 4.79 Å². The van der Waals surface area contributed by atoms with Crippen LogP contribution in [0.4, 0.5) is 13.2 Å². The van der Waals surface area contributed by atoms with Gasteiger partial charge < -0.3 is 14.1 Å². The monoisotopic (exact) mass is 402 g/mol. The molecule has 1 aliphatic rings. The molecule has 1 aliphatic heterocycles. The fourth-order valence-electron chi connectivity index (χ4n) is 3.25. The lowest BCUT2D eigenvalue weighted by Gasteiger charge is -2.29. The summed E-state index contributed by atoms with van der Waals surface area (Å²) in [5, 5.41) is 0. The van der Waals surface area contributed by atoms with Crippen LogP contribution in [-0.2, 0) is 30.4 Å². The smallest absolute Gasteiger partial charge is 0.416 e. The molecule has 1 amide bonds. The third-order valence-electron chi connectivity index (χ3n) is 4.77. The molecule has 0 atom stereocenters. The summed E-state index contributed by atoms with van der Waals surface area (Å²) >= 11 is 0. The summed E-state index contributed by atoms with van der Waals surface area (Å²) in [5.74, 6) is 1.28. The molecular formula is C21H17F3N2O3. The van der Waals surface area contributed by atoms with Crippen LogP contribution in [0.1, 0.15) is 22.5 Å². The fourth-order valence-corrected chi connectivity index (χ4v) is 3.25. The molecule has 0 unspecified atom stereocenters. The van der Waals surface area contributed by atoms with Gasteiger partial charge >= 0.3 is 6.18 Å². The normalized spacial score (nSPS) is 13.8. The summed E-state index contributed by atoms with van der Waals surface area (Å²) in [6, 6.07) is 10.1. The number of hydrogen-bond acceptors (Lipinski definition) is 4. The van der Waals surface area contributed by atoms with E-state index in [-0.39, 0.29) is 12.3 Å². The molecule has 0 radical (unpaired) electrons. The van der Waals surface area contributed by atoms with E-state index in [4.69, 9.17) is 9.15 Å². The van der Waals surface area contributed by atoms with Gasteiger partial charge in [-0.2, -0.15) is 13.2 Å². The fraction of sp³-hybridized carbons (Fsp3) is 0.238. The van der Waals surface area contributed by atoms with Gasteiger partial charge in [0.2, 0.25) is 5.91 Å². The average Bonchev–Trinajstić information content (AvgIpc) is 3.20. The molecule has 2 aromatic carbocycles. The predicted octanol–water partition coefficient (Wildman–Crippen LogP) is 4.61. The van der Waals surface area contributed by atoms with Crippen molar-refractivity contribution >= 4 is 5.91 Å². The summed E-state index contributed by atoms with van der Waals surface area (Å²) in [5.41, 5.74) is 1.34. The third-order valence-corrected chi connectivity index (χ3v) is 4.77. The van der Waals surface area contributed by atoms with E-state index in [0.29, 0.717) is 30.3 Å². The number of carbonyl (C=O) groups excluding carboxylic acids is 1. The van der Waals surface area contributed by atoms with Gasteiger partial charge in [0.05, 0.1) is 18.2 Å². The van der Waals surface area contributed by atoms with Crippen LogP contribution in [0.3, 0.4) is 0 Å². The minimum absolute atomic E-state index is 0.0542. The third kappa shape index (κ3) is 4.42. The number of alkyl halides is 3. The van der Waals surface area contributed by atoms with Gasteiger partial charge in [-0.05, 0) is 53.9 Å². The average molecular weight is 402 g/mol. The number of rotatable bonds is 4. The van der Waals surface area contributed by atoms with Crippen molar-refractivity contribution in [2.75, 3.05) is 6.54 Å². The Morgan fingerprint density at radius 3 is 2.55 bits per heavy atom. The molecule has 2 heterocycles. The molecule has 0 bridgehead atoms. The molecule has 4 rings (SSSR count). The molecule has 0 spiro atoms. The molecule has 150 valence electrons. The first-order valence-corrected chi connectivity index (χ1v) is 9.00. The number of carbonyl (C=O) groups is 1. The molecule has 0 saturated carbocycles. The molecular weight excluding hydrogens is 385 g/mol. The topological polar surface area (TPSA) is 55.6 Å². The maximum Gasteiger partial charge on any atom is 0.416 e. The first-order valence-electron chi connectivity index (χ1n) is 9.00. The Balaban J connectivity index is 1.45. The Labute approximate surface area is 164 Å². The van der Waals surface area contributed by atoms with Crippen molar-refractivity contribution in [2.45, 2.75) is 25.6 Å². The number of halogens is 3. The Morgan fingerprint density at radius 2 is 1.86 bits per heavy atom. The minimum atomic E-state index is -4.38. The number of amides is 1. The van der Waals surface area contributed by atoms with E-state index in [0.717, 1.165) is 29.7 Å². The van der Waals surface area contributed by atoms with E-state index in [1.54, 1.807) is 11.0 Å². The Morgan fingerprint density at radius 1 is 1.10 bits per heavy atom. The minimum Gasteiger partial charge on any atom is -0.457 e. The van der Waals surface area contributed by atoms with E-state index < -0.39 is 11.7 Å². The van der Waals surface area contributed by atoms with E-state index in [2.05, 4.69) is 4.98 Å². The molecule has 1 aromatic heterocycles. The summed E-state index contributed by atoms with van der Waals surface area (Å²) in [4.78, 5) is 18.0. The van der Waals surface area contributed by atoms with E-state index in [1.807, 2.05) is 12.1 Å². The highest BCUT2D eigenvalue weighted by molar-refractivity contribution is 5.78. The van der Waals surface area contributed by atoms with Crippen molar-refractivity contribution in [3.8, 4) is 11.5 Å². The standard InChI is InChI=1S/C21H17F3N2O3/c22-21(23,24)16-2-5-17(6-3-16)29-18-4-1-14-7-8-26(12-15(14)9-18)20(27)10-19-11-25-13-28-19/h1-6,9,11,13H,7-8,10,12H2. The van der Waals surface area contributed by atoms with Gasteiger partial charge in [0, 0.05) is 13.1 Å². The van der Waals surface area contributed by atoms with Crippen LogP contribution in [0.5, 0.6) is 11.5 Å². The second-order valence-electron chi connectivity index (χ2n) is 6.76. The van der Waals surface area contributed by atoms with Gasteiger partial charge in [-0.1, -0.05) is 6.07 Å². The molecule has 0 saturated heterocycles. The van der Waals surface area contributed by atoms with Crippen LogP contribution in [0.15, 0.2) is 59.5 Å². The predicted molar refractivity (Wildman–Crippen MR) is 97.3 cm³/mol. The summed E-state index contributed by atoms with van der Waals surface area (Å²) < 4.78 is 48.9. The summed E-state index contributed by atoms with van der Waals surface area (Å²) in [7, 11) is 0. The number of hydrogen-bond donors (Lipinski definition) is 0. The van der Waals surface area contributed by atoms with Gasteiger partial charge in [0.1, 0.15) is 17.3 Å². The number of nitrogens with zero attached hydrogens (tertiary/aromatic N) is 2. The Kier molecular flexibility index (Phi) is 5.00. The van der Waals surface area contributed by atoms with Gasteiger partial charge in [0.25, 0.3) is 0 Å². The van der Waals surface area contributed by atoms with Gasteiger partial charge in [-0.15, -0.1) is 0 Å². The van der Waals surface area contributed by atoms with Crippen LogP contribution in [0, 0.1) is 0 Å². The first kappa shape index (κ1) is 19.0. The Hall–Kier alpha value is -3.29. The zero-order chi connectivity index (χ0) is 20.4. The number of ether oxygens (including phenoxy) is 1. The quantitative estimate of drug-likeness (QED) is 0.639. The van der Waals surface area contributed by atoms with Crippen molar-refractivity contribution in [1.29, 1.82) is 0 Å². The van der Waals surface area contributed by atoms with Crippen LogP contribution in [0.2, 0.25) is 0 Å². The first-order chi connectivity index (χ1) is 13.9. The molecule has 29 heavy (non-hydrogen) atoms. The number of oxazole rings is 1. The number of benzene rings is 2. The highest BCUT2D eigenvalue weighted by Gasteiger charge is 2.30. The lowest BCUT2D eigenvalue weighted by molar-refractivity contribution is -0.137. The lowest BCUT2D eigenvalue weighted by Crippen LogP contribution is -2.36. The SMILES string of the molecule is O=C(Cc1cnco1)N1CCc2ccc(Oc3ccc(C(F)(F)F)cc3)cc2C1. The van der Waals surface area contributed by atoms with Gasteiger partial charge in [0.15, 0.2) is 6.39 Å². The van der Waals surface area contributed by atoms with E-state index in [1.165, 1.54) is 24.7 Å². The van der Waals surface area contributed by atoms with Crippen LogP contribution in [0.25, 0.3) is 0 Å². The zero-order valence-electron chi connectivity index (χ0n) is 15.3. The van der Waals surface area contributed by atoms with Crippen molar-refractivity contribution in [3.63, 3.8) is 0 Å². The second-order valence-corrected chi connectivity index (χ2v) is 6.76. The number of fused-ring (bicyclic) bond motifs is 1. The van der Waals surface area contributed by atoms with Crippen LogP contribution < -0.4 is 4.74 Å². The van der Waals surface area contributed by atoms with Crippen molar-refractivity contribution in [1.82, 2.24) is 9.88 Å². The van der Waals surface area contributed by atoms with E-state index in [9.17, 15) is 18.0 Å². The lowest BCUT2D eigenvalue weighted by atomic mass is 9.99. The molecule has 3 aromatic rings. The summed E-state index contributed by atoms with van der Waals surface area (Å²) in [6.45, 7) is 1.05. The summed E-state index contributed by atoms with van der Waals surface area (Å²) in [6.07, 6.45) is -0.702. The highest BCUT2D eigenvalue weighted by atomic mass is 19.4. The maximum absolute atomic E-state index is 12.7. The molecule has 0 aliphatic carbocycles. The van der Waals surface area contributed by atoms with Crippen molar-refractivity contribution in [3.05, 3.63) is 77.5 Å². The molecule has 5 nitrogen and oxygen atoms in total.